The molecule has 1 unspecified atom stereocenters. The quantitative estimate of drug-likeness (QED) is 0.481. The van der Waals surface area contributed by atoms with Crippen LogP contribution in [0.1, 0.15) is 19.3 Å². The minimum absolute atomic E-state index is 0.150. The number of anilines is 1. The van der Waals surface area contributed by atoms with Crippen molar-refractivity contribution in [3.05, 3.63) is 18.5 Å². The average Bonchev–Trinajstić information content (AvgIpc) is 2.98. The normalized spacial score (nSPS) is 17.1. The molecular weight excluding hydrogens is 428 g/mol. The molecule has 0 radical (unpaired) electrons. The van der Waals surface area contributed by atoms with Gasteiger partial charge in [0.1, 0.15) is 12.2 Å². The molecule has 3 rings (SSSR count). The van der Waals surface area contributed by atoms with Gasteiger partial charge in [-0.25, -0.2) is 19.6 Å². The van der Waals surface area contributed by atoms with E-state index in [-0.39, 0.29) is 18.2 Å². The second-order valence-electron chi connectivity index (χ2n) is 9.30. The van der Waals surface area contributed by atoms with E-state index < -0.39 is 8.07 Å². The van der Waals surface area contributed by atoms with E-state index in [1.165, 1.54) is 13.3 Å². The zero-order chi connectivity index (χ0) is 23.1. The van der Waals surface area contributed by atoms with Crippen LogP contribution in [0.15, 0.2) is 18.5 Å². The molecule has 10 nitrogen and oxygen atoms in total. The standard InChI is InChI=1S/C21H34N6O4Si/c1-30-21(29)26-9-6-5-7-16(14-26)23-20(28)25-18-13-22-19-17(24-18)8-10-27(19)15-31-11-12-32(2,3)4/h8,10,13,16H,5-7,9,11-12,14-15H2,1-4H3,(H2,23,24,25,28). The van der Waals surface area contributed by atoms with E-state index in [2.05, 4.69) is 40.2 Å². The molecule has 0 saturated carbocycles. The van der Waals surface area contributed by atoms with Crippen LogP contribution >= 0.6 is 0 Å². The Bertz CT molecular complexity index is 929. The maximum absolute atomic E-state index is 12.5. The first-order chi connectivity index (χ1) is 15.2. The third-order valence-corrected chi connectivity index (χ3v) is 7.08. The fraction of sp³-hybridized carbons (Fsp3) is 0.619. The Morgan fingerprint density at radius 3 is 2.84 bits per heavy atom. The lowest BCUT2D eigenvalue weighted by atomic mass is 10.1. The van der Waals surface area contributed by atoms with Crippen molar-refractivity contribution in [1.82, 2.24) is 24.8 Å². The maximum atomic E-state index is 12.5. The van der Waals surface area contributed by atoms with E-state index in [9.17, 15) is 9.59 Å². The van der Waals surface area contributed by atoms with Gasteiger partial charge in [-0.05, 0) is 31.4 Å². The maximum Gasteiger partial charge on any atom is 0.409 e. The number of aromatic nitrogens is 3. The molecule has 3 heterocycles. The topological polar surface area (TPSA) is 111 Å². The molecule has 32 heavy (non-hydrogen) atoms. The summed E-state index contributed by atoms with van der Waals surface area (Å²) in [5, 5.41) is 5.67. The number of amides is 3. The molecule has 1 saturated heterocycles. The van der Waals surface area contributed by atoms with Gasteiger partial charge in [0.25, 0.3) is 0 Å². The number of carbonyl (C=O) groups excluding carboxylic acids is 2. The summed E-state index contributed by atoms with van der Waals surface area (Å²) in [6.45, 7) is 9.18. The summed E-state index contributed by atoms with van der Waals surface area (Å²) in [4.78, 5) is 34.9. The average molecular weight is 463 g/mol. The summed E-state index contributed by atoms with van der Waals surface area (Å²) in [7, 11) is 0.244. The van der Waals surface area contributed by atoms with Crippen molar-refractivity contribution < 1.29 is 19.1 Å². The van der Waals surface area contributed by atoms with Crippen molar-refractivity contribution in [2.75, 3.05) is 32.1 Å². The van der Waals surface area contributed by atoms with Crippen molar-refractivity contribution in [1.29, 1.82) is 0 Å². The summed E-state index contributed by atoms with van der Waals surface area (Å²) in [5.41, 5.74) is 1.39. The Morgan fingerprint density at radius 2 is 2.09 bits per heavy atom. The zero-order valence-electron chi connectivity index (χ0n) is 19.4. The van der Waals surface area contributed by atoms with Gasteiger partial charge < -0.3 is 24.3 Å². The van der Waals surface area contributed by atoms with Crippen LogP contribution in [-0.4, -0.2) is 72.5 Å². The lowest BCUT2D eigenvalue weighted by Gasteiger charge is -2.23. The number of hydrogen-bond donors (Lipinski definition) is 2. The number of carbonyl (C=O) groups is 2. The molecule has 1 aliphatic rings. The highest BCUT2D eigenvalue weighted by Gasteiger charge is 2.23. The minimum Gasteiger partial charge on any atom is -0.453 e. The Hall–Kier alpha value is -2.66. The molecule has 1 aliphatic heterocycles. The number of likely N-dealkylation sites (tertiary alicyclic amines) is 1. The number of nitrogens with zero attached hydrogens (tertiary/aromatic N) is 4. The smallest absolute Gasteiger partial charge is 0.409 e. The number of methoxy groups -OCH3 is 1. The SMILES string of the molecule is COC(=O)N1CCCCC(NC(=O)Nc2cnc3c(ccn3COCC[Si](C)(C)C)n2)C1. The molecule has 11 heteroatoms. The van der Waals surface area contributed by atoms with Crippen LogP contribution < -0.4 is 10.6 Å². The monoisotopic (exact) mass is 462 g/mol. The largest absolute Gasteiger partial charge is 0.453 e. The van der Waals surface area contributed by atoms with Gasteiger partial charge >= 0.3 is 12.1 Å². The van der Waals surface area contributed by atoms with Crippen molar-refractivity contribution in [3.8, 4) is 0 Å². The number of fused-ring (bicyclic) bond motifs is 1. The number of nitrogens with one attached hydrogen (secondary N) is 2. The van der Waals surface area contributed by atoms with Crippen LogP contribution in [-0.2, 0) is 16.2 Å². The second-order valence-corrected chi connectivity index (χ2v) is 14.9. The number of ether oxygens (including phenoxy) is 2. The van der Waals surface area contributed by atoms with E-state index in [1.54, 1.807) is 4.90 Å². The van der Waals surface area contributed by atoms with Crippen molar-refractivity contribution in [2.24, 2.45) is 0 Å². The van der Waals surface area contributed by atoms with E-state index in [0.717, 1.165) is 31.9 Å². The van der Waals surface area contributed by atoms with Gasteiger partial charge in [0.15, 0.2) is 11.5 Å². The molecule has 0 aromatic carbocycles. The van der Waals surface area contributed by atoms with Crippen LogP contribution in [0.2, 0.25) is 25.7 Å². The van der Waals surface area contributed by atoms with Crippen LogP contribution in [0.4, 0.5) is 15.4 Å². The lowest BCUT2D eigenvalue weighted by Crippen LogP contribution is -2.46. The highest BCUT2D eigenvalue weighted by Crippen LogP contribution is 2.16. The van der Waals surface area contributed by atoms with E-state index in [0.29, 0.717) is 36.8 Å². The third kappa shape index (κ3) is 6.92. The molecule has 3 amide bonds. The van der Waals surface area contributed by atoms with Gasteiger partial charge in [0, 0.05) is 40.0 Å². The van der Waals surface area contributed by atoms with Gasteiger partial charge in [-0.15, -0.1) is 0 Å². The summed E-state index contributed by atoms with van der Waals surface area (Å²) in [5.74, 6) is 0.367. The van der Waals surface area contributed by atoms with Gasteiger partial charge in [-0.2, -0.15) is 0 Å². The summed E-state index contributed by atoms with van der Waals surface area (Å²) >= 11 is 0. The molecule has 1 fully saturated rings. The molecule has 2 aromatic heterocycles. The van der Waals surface area contributed by atoms with Gasteiger partial charge in [-0.1, -0.05) is 19.6 Å². The van der Waals surface area contributed by atoms with E-state index in [1.807, 2.05) is 16.8 Å². The molecule has 0 aliphatic carbocycles. The zero-order valence-corrected chi connectivity index (χ0v) is 20.4. The Kier molecular flexibility index (Phi) is 8.08. The van der Waals surface area contributed by atoms with E-state index >= 15 is 0 Å². The van der Waals surface area contributed by atoms with Gasteiger partial charge in [0.2, 0.25) is 0 Å². The first kappa shape index (κ1) is 24.0. The van der Waals surface area contributed by atoms with Crippen molar-refractivity contribution in [3.63, 3.8) is 0 Å². The van der Waals surface area contributed by atoms with Gasteiger partial charge in [-0.3, -0.25) is 5.32 Å². The highest BCUT2D eigenvalue weighted by molar-refractivity contribution is 6.76. The first-order valence-corrected chi connectivity index (χ1v) is 14.8. The van der Waals surface area contributed by atoms with Crippen LogP contribution in [0.5, 0.6) is 0 Å². The molecule has 1 atom stereocenters. The Labute approximate surface area is 189 Å². The summed E-state index contributed by atoms with van der Waals surface area (Å²) in [6.07, 6.45) is 5.66. The summed E-state index contributed by atoms with van der Waals surface area (Å²) in [6, 6.07) is 2.44. The summed E-state index contributed by atoms with van der Waals surface area (Å²) < 4.78 is 12.5. The predicted molar refractivity (Wildman–Crippen MR) is 125 cm³/mol. The highest BCUT2D eigenvalue weighted by atomic mass is 28.3. The van der Waals surface area contributed by atoms with E-state index in [4.69, 9.17) is 9.47 Å². The number of rotatable bonds is 7. The first-order valence-electron chi connectivity index (χ1n) is 11.1. The number of hydrogen-bond acceptors (Lipinski definition) is 6. The fourth-order valence-electron chi connectivity index (χ4n) is 3.56. The predicted octanol–water partition coefficient (Wildman–Crippen LogP) is 3.49. The Balaban J connectivity index is 1.54. The molecular formula is C21H34N6O4Si. The molecule has 0 bridgehead atoms. The molecule has 176 valence electrons. The minimum atomic E-state index is -1.12. The molecule has 2 N–H and O–H groups in total. The van der Waals surface area contributed by atoms with Crippen molar-refractivity contribution >= 4 is 37.2 Å². The lowest BCUT2D eigenvalue weighted by molar-refractivity contribution is 0.0899. The molecule has 2 aromatic rings. The Morgan fingerprint density at radius 1 is 1.28 bits per heavy atom. The van der Waals surface area contributed by atoms with Crippen molar-refractivity contribution in [2.45, 2.75) is 57.7 Å². The second kappa shape index (κ2) is 10.8. The molecule has 0 spiro atoms. The fourth-order valence-corrected chi connectivity index (χ4v) is 4.32. The van der Waals surface area contributed by atoms with Crippen LogP contribution in [0.25, 0.3) is 11.2 Å². The van der Waals surface area contributed by atoms with Gasteiger partial charge in [0.05, 0.1) is 13.3 Å². The third-order valence-electron chi connectivity index (χ3n) is 5.37. The van der Waals surface area contributed by atoms with Crippen LogP contribution in [0.3, 0.4) is 0 Å². The number of urea groups is 1. The van der Waals surface area contributed by atoms with Crippen LogP contribution in [0, 0.1) is 0 Å².